The van der Waals surface area contributed by atoms with E-state index in [-0.39, 0.29) is 0 Å². The average molecular weight is 268 g/mol. The lowest BCUT2D eigenvalue weighted by atomic mass is 10.0. The maximum atomic E-state index is 3.68. The van der Waals surface area contributed by atoms with Crippen molar-refractivity contribution in [3.8, 4) is 0 Å². The van der Waals surface area contributed by atoms with Crippen LogP contribution in [0.5, 0.6) is 0 Å². The van der Waals surface area contributed by atoms with Crippen molar-refractivity contribution in [1.29, 1.82) is 0 Å². The molecule has 1 aliphatic carbocycles. The van der Waals surface area contributed by atoms with E-state index in [1.807, 2.05) is 0 Å². The van der Waals surface area contributed by atoms with Crippen molar-refractivity contribution >= 4 is 0 Å². The van der Waals surface area contributed by atoms with E-state index < -0.39 is 0 Å². The molecule has 114 valence electrons. The van der Waals surface area contributed by atoms with Gasteiger partial charge in [0.15, 0.2) is 0 Å². The predicted octanol–water partition coefficient (Wildman–Crippen LogP) is 3.77. The van der Waals surface area contributed by atoms with Crippen LogP contribution >= 0.6 is 0 Å². The summed E-state index contributed by atoms with van der Waals surface area (Å²) >= 11 is 0. The molecule has 1 atom stereocenters. The Labute approximate surface area is 121 Å². The molecule has 0 bridgehead atoms. The molecule has 0 amide bonds. The van der Waals surface area contributed by atoms with Gasteiger partial charge in [-0.25, -0.2) is 0 Å². The van der Waals surface area contributed by atoms with Crippen molar-refractivity contribution in [2.75, 3.05) is 19.6 Å². The van der Waals surface area contributed by atoms with E-state index in [0.29, 0.717) is 6.04 Å². The van der Waals surface area contributed by atoms with Crippen LogP contribution in [0, 0.1) is 17.8 Å². The van der Waals surface area contributed by atoms with Gasteiger partial charge in [0.2, 0.25) is 0 Å². The standard InChI is InChI=1S/C17H36N2/c1-13(2)9-10-19(16-7-8-16)17(15(5)6)12-18-11-14(3)4/h13-18H,7-12H2,1-6H3. The van der Waals surface area contributed by atoms with Crippen LogP contribution in [0.3, 0.4) is 0 Å². The molecule has 2 heteroatoms. The smallest absolute Gasteiger partial charge is 0.0246 e. The molecule has 1 fully saturated rings. The van der Waals surface area contributed by atoms with Gasteiger partial charge in [-0.1, -0.05) is 41.5 Å². The van der Waals surface area contributed by atoms with E-state index in [0.717, 1.165) is 36.9 Å². The quantitative estimate of drug-likeness (QED) is 0.649. The first kappa shape index (κ1) is 17.0. The summed E-state index contributed by atoms with van der Waals surface area (Å²) in [6, 6.07) is 1.59. The minimum Gasteiger partial charge on any atom is -0.315 e. The van der Waals surface area contributed by atoms with Gasteiger partial charge in [0.1, 0.15) is 0 Å². The molecule has 0 aromatic heterocycles. The summed E-state index contributed by atoms with van der Waals surface area (Å²) in [7, 11) is 0. The fraction of sp³-hybridized carbons (Fsp3) is 1.00. The van der Waals surface area contributed by atoms with Gasteiger partial charge in [0, 0.05) is 18.6 Å². The monoisotopic (exact) mass is 268 g/mol. The molecule has 0 saturated heterocycles. The maximum absolute atomic E-state index is 3.68. The minimum atomic E-state index is 0.713. The van der Waals surface area contributed by atoms with Crippen LogP contribution in [0.25, 0.3) is 0 Å². The van der Waals surface area contributed by atoms with Gasteiger partial charge in [-0.2, -0.15) is 0 Å². The van der Waals surface area contributed by atoms with E-state index in [9.17, 15) is 0 Å². The fourth-order valence-corrected chi connectivity index (χ4v) is 2.69. The topological polar surface area (TPSA) is 15.3 Å². The van der Waals surface area contributed by atoms with Crippen molar-refractivity contribution in [2.45, 2.75) is 72.9 Å². The number of nitrogens with zero attached hydrogens (tertiary/aromatic N) is 1. The second kappa shape index (κ2) is 8.26. The molecule has 1 saturated carbocycles. The van der Waals surface area contributed by atoms with Crippen molar-refractivity contribution in [3.05, 3.63) is 0 Å². The molecular formula is C17H36N2. The number of rotatable bonds is 10. The molecule has 1 N–H and O–H groups in total. The predicted molar refractivity (Wildman–Crippen MR) is 85.5 cm³/mol. The molecule has 1 unspecified atom stereocenters. The molecule has 2 nitrogen and oxygen atoms in total. The third kappa shape index (κ3) is 6.76. The first-order valence-corrected chi connectivity index (χ1v) is 8.38. The maximum Gasteiger partial charge on any atom is 0.0246 e. The number of hydrogen-bond acceptors (Lipinski definition) is 2. The van der Waals surface area contributed by atoms with Gasteiger partial charge in [0.25, 0.3) is 0 Å². The third-order valence-corrected chi connectivity index (χ3v) is 4.08. The van der Waals surface area contributed by atoms with Crippen LogP contribution in [-0.4, -0.2) is 36.6 Å². The third-order valence-electron chi connectivity index (χ3n) is 4.08. The fourth-order valence-electron chi connectivity index (χ4n) is 2.69. The Balaban J connectivity index is 2.48. The van der Waals surface area contributed by atoms with E-state index in [1.54, 1.807) is 0 Å². The lowest BCUT2D eigenvalue weighted by molar-refractivity contribution is 0.134. The molecule has 19 heavy (non-hydrogen) atoms. The minimum absolute atomic E-state index is 0.713. The highest BCUT2D eigenvalue weighted by Crippen LogP contribution is 2.31. The normalized spacial score (nSPS) is 18.0. The average Bonchev–Trinajstić information content (AvgIpc) is 3.10. The summed E-state index contributed by atoms with van der Waals surface area (Å²) < 4.78 is 0. The second-order valence-corrected chi connectivity index (χ2v) is 7.51. The highest BCUT2D eigenvalue weighted by molar-refractivity contribution is 4.90. The van der Waals surface area contributed by atoms with E-state index in [4.69, 9.17) is 0 Å². The van der Waals surface area contributed by atoms with Crippen LogP contribution in [0.15, 0.2) is 0 Å². The van der Waals surface area contributed by atoms with Gasteiger partial charge in [-0.15, -0.1) is 0 Å². The largest absolute Gasteiger partial charge is 0.315 e. The summed E-state index contributed by atoms with van der Waals surface area (Å²) in [5, 5.41) is 3.68. The van der Waals surface area contributed by atoms with Gasteiger partial charge >= 0.3 is 0 Å². The molecule has 1 rings (SSSR count). The van der Waals surface area contributed by atoms with E-state index >= 15 is 0 Å². The molecule has 0 radical (unpaired) electrons. The summed E-state index contributed by atoms with van der Waals surface area (Å²) in [5.41, 5.74) is 0. The summed E-state index contributed by atoms with van der Waals surface area (Å²) in [4.78, 5) is 2.80. The van der Waals surface area contributed by atoms with Crippen LogP contribution in [-0.2, 0) is 0 Å². The van der Waals surface area contributed by atoms with Crippen molar-refractivity contribution in [1.82, 2.24) is 10.2 Å². The van der Waals surface area contributed by atoms with Gasteiger partial charge in [0.05, 0.1) is 0 Å². The highest BCUT2D eigenvalue weighted by Gasteiger charge is 2.34. The number of hydrogen-bond donors (Lipinski definition) is 1. The summed E-state index contributed by atoms with van der Waals surface area (Å²) in [6.07, 6.45) is 4.18. The Bertz CT molecular complexity index is 231. The van der Waals surface area contributed by atoms with E-state index in [2.05, 4.69) is 51.8 Å². The zero-order valence-electron chi connectivity index (χ0n) is 14.1. The first-order valence-electron chi connectivity index (χ1n) is 8.38. The highest BCUT2D eigenvalue weighted by atomic mass is 15.2. The Morgan fingerprint density at radius 3 is 2.00 bits per heavy atom. The summed E-state index contributed by atoms with van der Waals surface area (Å²) in [6.45, 7) is 17.6. The zero-order chi connectivity index (χ0) is 14.4. The van der Waals surface area contributed by atoms with Crippen LogP contribution in [0.1, 0.15) is 60.8 Å². The Morgan fingerprint density at radius 1 is 0.947 bits per heavy atom. The lowest BCUT2D eigenvalue weighted by Gasteiger charge is -2.35. The molecule has 0 aromatic rings. The van der Waals surface area contributed by atoms with E-state index in [1.165, 1.54) is 25.8 Å². The first-order chi connectivity index (χ1) is 8.91. The van der Waals surface area contributed by atoms with Crippen LogP contribution < -0.4 is 5.32 Å². The molecular weight excluding hydrogens is 232 g/mol. The van der Waals surface area contributed by atoms with Crippen LogP contribution in [0.4, 0.5) is 0 Å². The van der Waals surface area contributed by atoms with Crippen molar-refractivity contribution in [2.24, 2.45) is 17.8 Å². The van der Waals surface area contributed by atoms with Crippen LogP contribution in [0.2, 0.25) is 0 Å². The Kier molecular flexibility index (Phi) is 7.38. The second-order valence-electron chi connectivity index (χ2n) is 7.51. The van der Waals surface area contributed by atoms with Crippen molar-refractivity contribution < 1.29 is 0 Å². The SMILES string of the molecule is CC(C)CCN(C1CC1)C(CNCC(C)C)C(C)C. The lowest BCUT2D eigenvalue weighted by Crippen LogP contribution is -2.48. The summed E-state index contributed by atoms with van der Waals surface area (Å²) in [5.74, 6) is 2.31. The molecule has 0 spiro atoms. The molecule has 0 aromatic carbocycles. The Morgan fingerprint density at radius 2 is 1.58 bits per heavy atom. The molecule has 1 aliphatic rings. The van der Waals surface area contributed by atoms with Gasteiger partial charge in [-0.05, 0) is 50.1 Å². The number of nitrogens with one attached hydrogen (secondary N) is 1. The van der Waals surface area contributed by atoms with Gasteiger partial charge in [-0.3, -0.25) is 4.90 Å². The Hall–Kier alpha value is -0.0800. The molecule has 0 aliphatic heterocycles. The molecule has 0 heterocycles. The van der Waals surface area contributed by atoms with Gasteiger partial charge < -0.3 is 5.32 Å². The zero-order valence-corrected chi connectivity index (χ0v) is 14.1. The van der Waals surface area contributed by atoms with Crippen molar-refractivity contribution in [3.63, 3.8) is 0 Å².